The van der Waals surface area contributed by atoms with E-state index in [1.54, 1.807) is 41.4 Å². The number of benzene rings is 1. The minimum Gasteiger partial charge on any atom is -0.336 e. The van der Waals surface area contributed by atoms with E-state index in [1.807, 2.05) is 5.38 Å². The van der Waals surface area contributed by atoms with E-state index in [0.29, 0.717) is 59.9 Å². The molecular formula is C19H18F2N4O2S2. The second-order valence-electron chi connectivity index (χ2n) is 6.61. The largest absolute Gasteiger partial charge is 0.336 e. The minimum absolute atomic E-state index is 0.0893. The van der Waals surface area contributed by atoms with Gasteiger partial charge >= 0.3 is 0 Å². The number of fused-ring (bicyclic) bond motifs is 1. The van der Waals surface area contributed by atoms with Crippen LogP contribution in [-0.4, -0.2) is 57.0 Å². The van der Waals surface area contributed by atoms with Gasteiger partial charge in [-0.1, -0.05) is 11.8 Å². The number of hydrogen-bond acceptors (Lipinski definition) is 6. The number of carbonyl (C=O) groups is 1. The van der Waals surface area contributed by atoms with E-state index in [0.717, 1.165) is 5.69 Å². The third-order valence-electron chi connectivity index (χ3n) is 4.73. The molecule has 0 saturated carbocycles. The van der Waals surface area contributed by atoms with Crippen LogP contribution in [0.2, 0.25) is 0 Å². The number of nitrogens with zero attached hydrogens (tertiary/aromatic N) is 4. The highest BCUT2D eigenvalue weighted by molar-refractivity contribution is 7.99. The SMILES string of the molecule is O=C(c1ccc(SC(F)F)cc1)N1CCN(Cc2cc(=O)n3ccsc3n2)CC1. The molecule has 10 heteroatoms. The Morgan fingerprint density at radius 1 is 1.17 bits per heavy atom. The fourth-order valence-electron chi connectivity index (χ4n) is 3.27. The second kappa shape index (κ2) is 8.60. The molecule has 1 saturated heterocycles. The molecule has 0 atom stereocenters. The average molecular weight is 437 g/mol. The van der Waals surface area contributed by atoms with Crippen LogP contribution in [0.15, 0.2) is 51.6 Å². The third kappa shape index (κ3) is 4.65. The van der Waals surface area contributed by atoms with Crippen LogP contribution in [0.5, 0.6) is 0 Å². The Morgan fingerprint density at radius 3 is 2.59 bits per heavy atom. The van der Waals surface area contributed by atoms with Gasteiger partial charge in [0, 0.05) is 60.8 Å². The number of rotatable bonds is 5. The number of thioether (sulfide) groups is 1. The predicted molar refractivity (Wildman–Crippen MR) is 109 cm³/mol. The quantitative estimate of drug-likeness (QED) is 0.576. The van der Waals surface area contributed by atoms with E-state index < -0.39 is 5.76 Å². The molecule has 0 bridgehead atoms. The van der Waals surface area contributed by atoms with Crippen molar-refractivity contribution in [2.75, 3.05) is 26.2 Å². The number of carbonyl (C=O) groups excluding carboxylic acids is 1. The lowest BCUT2D eigenvalue weighted by atomic mass is 10.2. The first-order valence-electron chi connectivity index (χ1n) is 9.02. The molecule has 0 radical (unpaired) electrons. The predicted octanol–water partition coefficient (Wildman–Crippen LogP) is 3.03. The molecule has 6 nitrogen and oxygen atoms in total. The van der Waals surface area contributed by atoms with E-state index in [-0.39, 0.29) is 11.5 Å². The van der Waals surface area contributed by atoms with Crippen molar-refractivity contribution in [3.05, 3.63) is 63.5 Å². The first kappa shape index (κ1) is 20.0. The number of alkyl halides is 2. The molecule has 0 N–H and O–H groups in total. The molecule has 1 aromatic carbocycles. The Bertz CT molecular complexity index is 1060. The summed E-state index contributed by atoms with van der Waals surface area (Å²) >= 11 is 1.88. The second-order valence-corrected chi connectivity index (χ2v) is 8.55. The molecule has 1 fully saturated rings. The van der Waals surface area contributed by atoms with Gasteiger partial charge in [-0.2, -0.15) is 8.78 Å². The highest BCUT2D eigenvalue weighted by atomic mass is 32.2. The molecule has 1 amide bonds. The number of thiazole rings is 1. The summed E-state index contributed by atoms with van der Waals surface area (Å²) in [5, 5.41) is 1.83. The first-order valence-corrected chi connectivity index (χ1v) is 10.8. The molecule has 29 heavy (non-hydrogen) atoms. The summed E-state index contributed by atoms with van der Waals surface area (Å²) in [6.07, 6.45) is 1.71. The van der Waals surface area contributed by atoms with Gasteiger partial charge in [-0.05, 0) is 24.3 Å². The van der Waals surface area contributed by atoms with Gasteiger partial charge in [-0.15, -0.1) is 11.3 Å². The highest BCUT2D eigenvalue weighted by Gasteiger charge is 2.23. The van der Waals surface area contributed by atoms with E-state index in [9.17, 15) is 18.4 Å². The molecule has 0 unspecified atom stereocenters. The Morgan fingerprint density at radius 2 is 1.90 bits per heavy atom. The zero-order chi connectivity index (χ0) is 20.4. The van der Waals surface area contributed by atoms with Gasteiger partial charge in [-0.3, -0.25) is 18.9 Å². The Kier molecular flexibility index (Phi) is 5.93. The first-order chi connectivity index (χ1) is 14.0. The van der Waals surface area contributed by atoms with Crippen LogP contribution in [0, 0.1) is 0 Å². The van der Waals surface area contributed by atoms with Gasteiger partial charge in [0.25, 0.3) is 17.2 Å². The van der Waals surface area contributed by atoms with E-state index >= 15 is 0 Å². The standard InChI is InChI=1S/C19H18F2N4O2S2/c20-18(21)29-15-3-1-13(2-4-15)17(27)24-7-5-23(6-8-24)12-14-11-16(26)25-9-10-28-19(25)22-14/h1-4,9-11,18H,5-8,12H2. The summed E-state index contributed by atoms with van der Waals surface area (Å²) < 4.78 is 26.3. The van der Waals surface area contributed by atoms with Crippen molar-refractivity contribution in [2.24, 2.45) is 0 Å². The van der Waals surface area contributed by atoms with Gasteiger partial charge < -0.3 is 4.90 Å². The molecule has 3 aromatic rings. The van der Waals surface area contributed by atoms with Gasteiger partial charge in [0.1, 0.15) is 0 Å². The molecular weight excluding hydrogens is 418 g/mol. The molecule has 2 aromatic heterocycles. The topological polar surface area (TPSA) is 57.9 Å². The van der Waals surface area contributed by atoms with Crippen LogP contribution >= 0.6 is 23.1 Å². The van der Waals surface area contributed by atoms with Crippen molar-refractivity contribution >= 4 is 34.0 Å². The molecule has 0 spiro atoms. The smallest absolute Gasteiger partial charge is 0.288 e. The number of halogens is 2. The van der Waals surface area contributed by atoms with Crippen LogP contribution in [0.4, 0.5) is 8.78 Å². The fourth-order valence-corrected chi connectivity index (χ4v) is 4.51. The fraction of sp³-hybridized carbons (Fsp3) is 0.316. The number of piperazine rings is 1. The Balaban J connectivity index is 1.34. The number of amides is 1. The maximum Gasteiger partial charge on any atom is 0.288 e. The van der Waals surface area contributed by atoms with Crippen molar-refractivity contribution in [2.45, 2.75) is 17.2 Å². The maximum absolute atomic E-state index is 12.7. The lowest BCUT2D eigenvalue weighted by molar-refractivity contribution is 0.0627. The van der Waals surface area contributed by atoms with Gasteiger partial charge in [0.05, 0.1) is 5.69 Å². The summed E-state index contributed by atoms with van der Waals surface area (Å²) in [5.41, 5.74) is 1.13. The van der Waals surface area contributed by atoms with Crippen molar-refractivity contribution in [3.8, 4) is 0 Å². The summed E-state index contributed by atoms with van der Waals surface area (Å²) in [5.74, 6) is -2.58. The van der Waals surface area contributed by atoms with Gasteiger partial charge in [0.15, 0.2) is 4.96 Å². The molecule has 1 aliphatic heterocycles. The van der Waals surface area contributed by atoms with Crippen molar-refractivity contribution in [3.63, 3.8) is 0 Å². The van der Waals surface area contributed by atoms with Gasteiger partial charge in [-0.25, -0.2) is 4.98 Å². The lowest BCUT2D eigenvalue weighted by Gasteiger charge is -2.34. The number of hydrogen-bond donors (Lipinski definition) is 0. The summed E-state index contributed by atoms with van der Waals surface area (Å²) in [7, 11) is 0. The summed E-state index contributed by atoms with van der Waals surface area (Å²) in [6.45, 7) is 3.04. The number of aromatic nitrogens is 2. The summed E-state index contributed by atoms with van der Waals surface area (Å²) in [4.78, 5) is 34.3. The van der Waals surface area contributed by atoms with Crippen molar-refractivity contribution in [1.29, 1.82) is 0 Å². The van der Waals surface area contributed by atoms with Crippen molar-refractivity contribution in [1.82, 2.24) is 19.2 Å². The average Bonchev–Trinajstić information content (AvgIpc) is 3.17. The Hall–Kier alpha value is -2.30. The molecule has 0 aliphatic carbocycles. The summed E-state index contributed by atoms with van der Waals surface area (Å²) in [6, 6.07) is 7.83. The molecule has 152 valence electrons. The van der Waals surface area contributed by atoms with Crippen LogP contribution in [0.25, 0.3) is 4.96 Å². The third-order valence-corrected chi connectivity index (χ3v) is 6.21. The molecule has 1 aliphatic rings. The maximum atomic E-state index is 12.7. The van der Waals surface area contributed by atoms with E-state index in [1.165, 1.54) is 15.7 Å². The van der Waals surface area contributed by atoms with Crippen LogP contribution in [0.1, 0.15) is 16.1 Å². The Labute approximate surface area is 173 Å². The normalized spacial score (nSPS) is 15.3. The van der Waals surface area contributed by atoms with E-state index in [4.69, 9.17) is 0 Å². The van der Waals surface area contributed by atoms with Crippen molar-refractivity contribution < 1.29 is 13.6 Å². The van der Waals surface area contributed by atoms with E-state index in [2.05, 4.69) is 9.88 Å². The van der Waals surface area contributed by atoms with Gasteiger partial charge in [0.2, 0.25) is 0 Å². The zero-order valence-electron chi connectivity index (χ0n) is 15.3. The monoisotopic (exact) mass is 436 g/mol. The minimum atomic E-state index is -2.48. The van der Waals surface area contributed by atoms with Crippen LogP contribution in [-0.2, 0) is 6.54 Å². The lowest BCUT2D eigenvalue weighted by Crippen LogP contribution is -2.48. The zero-order valence-corrected chi connectivity index (χ0v) is 17.0. The molecule has 3 heterocycles. The van der Waals surface area contributed by atoms with Crippen LogP contribution < -0.4 is 5.56 Å². The molecule has 4 rings (SSSR count). The van der Waals surface area contributed by atoms with Crippen LogP contribution in [0.3, 0.4) is 0 Å². The highest BCUT2D eigenvalue weighted by Crippen LogP contribution is 2.25.